The van der Waals surface area contributed by atoms with Crippen LogP contribution in [0.5, 0.6) is 5.88 Å². The number of β-amino-alcohol motifs (C(OH)–C–C–N with tert-alkyl or cyclic N) is 1. The molecule has 0 saturated carbocycles. The maximum absolute atomic E-state index is 10.3. The number of hydrogen-bond donors (Lipinski definition) is 2. The van der Waals surface area contributed by atoms with Gasteiger partial charge in [0.2, 0.25) is 16.0 Å². The van der Waals surface area contributed by atoms with Gasteiger partial charge in [-0.05, 0) is 25.5 Å². The molecular formula is C16H20N6O2S. The lowest BCUT2D eigenvalue weighted by Gasteiger charge is -2.20. The number of aromatic nitrogens is 4. The number of hydrogen-bond acceptors (Lipinski definition) is 8. The van der Waals surface area contributed by atoms with Crippen LogP contribution in [0.25, 0.3) is 16.2 Å². The fourth-order valence-electron chi connectivity index (χ4n) is 3.06. The maximum atomic E-state index is 10.3. The highest BCUT2D eigenvalue weighted by Gasteiger charge is 2.36. The van der Waals surface area contributed by atoms with E-state index in [1.165, 1.54) is 11.3 Å². The minimum atomic E-state index is -0.833. The van der Waals surface area contributed by atoms with Crippen LogP contribution in [0.15, 0.2) is 18.3 Å². The Kier molecular flexibility index (Phi) is 3.86. The number of nitrogens with zero attached hydrogens (tertiary/aromatic N) is 5. The minimum absolute atomic E-state index is 0.253. The van der Waals surface area contributed by atoms with E-state index in [1.54, 1.807) is 17.8 Å². The molecule has 1 aliphatic rings. The molecule has 0 aromatic carbocycles. The summed E-state index contributed by atoms with van der Waals surface area (Å²) in [4.78, 5) is 11.7. The van der Waals surface area contributed by atoms with Gasteiger partial charge in [-0.25, -0.2) is 14.5 Å². The zero-order chi connectivity index (χ0) is 17.6. The molecule has 25 heavy (non-hydrogen) atoms. The number of rotatable bonds is 4. The molecule has 4 heterocycles. The topological polar surface area (TPSA) is 102 Å². The quantitative estimate of drug-likeness (QED) is 0.717. The molecule has 132 valence electrons. The van der Waals surface area contributed by atoms with Gasteiger partial charge >= 0.3 is 0 Å². The van der Waals surface area contributed by atoms with Crippen molar-refractivity contribution in [1.29, 1.82) is 0 Å². The van der Waals surface area contributed by atoms with E-state index in [2.05, 4.69) is 14.9 Å². The molecule has 0 radical (unpaired) electrons. The van der Waals surface area contributed by atoms with Crippen molar-refractivity contribution in [2.75, 3.05) is 31.6 Å². The first kappa shape index (κ1) is 16.2. The van der Waals surface area contributed by atoms with E-state index in [1.807, 2.05) is 19.1 Å². The summed E-state index contributed by atoms with van der Waals surface area (Å²) in [6, 6.07) is 3.90. The van der Waals surface area contributed by atoms with Gasteiger partial charge in [-0.15, -0.1) is 5.10 Å². The van der Waals surface area contributed by atoms with Crippen molar-refractivity contribution >= 4 is 21.4 Å². The third kappa shape index (κ3) is 2.74. The second-order valence-electron chi connectivity index (χ2n) is 6.33. The molecule has 1 atom stereocenters. The van der Waals surface area contributed by atoms with Crippen molar-refractivity contribution in [2.45, 2.75) is 18.9 Å². The Bertz CT molecular complexity index is 923. The van der Waals surface area contributed by atoms with Crippen molar-refractivity contribution in [1.82, 2.24) is 19.6 Å². The van der Waals surface area contributed by atoms with Crippen LogP contribution in [0.1, 0.15) is 12.1 Å². The summed E-state index contributed by atoms with van der Waals surface area (Å²) in [7, 11) is 1.61. The Morgan fingerprint density at radius 3 is 3.00 bits per heavy atom. The Hall–Kier alpha value is -2.23. The molecule has 3 aromatic rings. The molecule has 0 amide bonds. The highest BCUT2D eigenvalue weighted by atomic mass is 32.1. The molecule has 1 fully saturated rings. The van der Waals surface area contributed by atoms with Crippen molar-refractivity contribution in [2.24, 2.45) is 5.73 Å². The average molecular weight is 360 g/mol. The summed E-state index contributed by atoms with van der Waals surface area (Å²) in [6.07, 6.45) is 2.42. The number of pyridine rings is 1. The molecule has 0 unspecified atom stereocenters. The Morgan fingerprint density at radius 1 is 1.44 bits per heavy atom. The molecule has 4 rings (SSSR count). The molecular weight excluding hydrogens is 340 g/mol. The van der Waals surface area contributed by atoms with Gasteiger partial charge in [-0.2, -0.15) is 0 Å². The molecule has 0 bridgehead atoms. The molecule has 0 aliphatic carbocycles. The lowest BCUT2D eigenvalue weighted by molar-refractivity contribution is 0.0725. The summed E-state index contributed by atoms with van der Waals surface area (Å²) in [5, 5.41) is 15.9. The number of aryl methyl sites for hydroxylation is 1. The average Bonchev–Trinajstić information content (AvgIpc) is 3.29. The number of imidazole rings is 1. The summed E-state index contributed by atoms with van der Waals surface area (Å²) in [5.41, 5.74) is 7.40. The van der Waals surface area contributed by atoms with Gasteiger partial charge < -0.3 is 20.5 Å². The first-order valence-electron chi connectivity index (χ1n) is 8.07. The van der Waals surface area contributed by atoms with Crippen LogP contribution in [0.2, 0.25) is 0 Å². The smallest absolute Gasteiger partial charge is 0.222 e. The Balaban J connectivity index is 1.73. The number of methoxy groups -OCH3 is 1. The molecule has 0 spiro atoms. The van der Waals surface area contributed by atoms with Gasteiger partial charge in [0.15, 0.2) is 0 Å². The van der Waals surface area contributed by atoms with E-state index in [9.17, 15) is 5.11 Å². The van der Waals surface area contributed by atoms with Crippen LogP contribution in [0, 0.1) is 6.92 Å². The van der Waals surface area contributed by atoms with Gasteiger partial charge in [0.25, 0.3) is 0 Å². The number of ether oxygens (including phenoxy) is 1. The zero-order valence-electron chi connectivity index (χ0n) is 14.1. The molecule has 1 saturated heterocycles. The Labute approximate surface area is 148 Å². The van der Waals surface area contributed by atoms with Crippen molar-refractivity contribution in [3.63, 3.8) is 0 Å². The predicted molar refractivity (Wildman–Crippen MR) is 96.2 cm³/mol. The number of fused-ring (bicyclic) bond motifs is 1. The van der Waals surface area contributed by atoms with Crippen LogP contribution in [-0.4, -0.2) is 57.0 Å². The van der Waals surface area contributed by atoms with Gasteiger partial charge in [0, 0.05) is 18.8 Å². The maximum Gasteiger partial charge on any atom is 0.222 e. The lowest BCUT2D eigenvalue weighted by Crippen LogP contribution is -2.40. The van der Waals surface area contributed by atoms with Crippen LogP contribution in [0.3, 0.4) is 0 Å². The second kappa shape index (κ2) is 5.94. The van der Waals surface area contributed by atoms with Crippen molar-refractivity contribution in [3.8, 4) is 17.1 Å². The van der Waals surface area contributed by atoms with E-state index in [0.717, 1.165) is 33.6 Å². The number of aliphatic hydroxyl groups is 1. The van der Waals surface area contributed by atoms with Crippen LogP contribution >= 0.6 is 11.3 Å². The number of nitrogens with two attached hydrogens (primary N) is 1. The van der Waals surface area contributed by atoms with Crippen molar-refractivity contribution < 1.29 is 9.84 Å². The van der Waals surface area contributed by atoms with E-state index < -0.39 is 5.60 Å². The van der Waals surface area contributed by atoms with E-state index >= 15 is 0 Å². The molecule has 8 nitrogen and oxygen atoms in total. The summed E-state index contributed by atoms with van der Waals surface area (Å²) in [5.74, 6) is 0.551. The fraction of sp³-hybridized carbons (Fsp3) is 0.438. The van der Waals surface area contributed by atoms with Crippen LogP contribution < -0.4 is 15.4 Å². The van der Waals surface area contributed by atoms with E-state index in [-0.39, 0.29) is 6.54 Å². The summed E-state index contributed by atoms with van der Waals surface area (Å²) < 4.78 is 7.21. The summed E-state index contributed by atoms with van der Waals surface area (Å²) in [6.45, 7) is 3.40. The highest BCUT2D eigenvalue weighted by Crippen LogP contribution is 2.34. The Morgan fingerprint density at radius 2 is 2.28 bits per heavy atom. The molecule has 3 N–H and O–H groups in total. The lowest BCUT2D eigenvalue weighted by atomic mass is 10.0. The van der Waals surface area contributed by atoms with Crippen molar-refractivity contribution in [3.05, 3.63) is 24.0 Å². The first-order chi connectivity index (χ1) is 12.0. The standard InChI is InChI=1S/C16H20N6O2S/c1-10-3-4-11(13(19-10)24-2)12-7-18-14-22(12)20-15(25-14)21-6-5-16(23,8-17)9-21/h3-4,7,23H,5-6,8-9,17H2,1-2H3/t16-/m1/s1. The summed E-state index contributed by atoms with van der Waals surface area (Å²) >= 11 is 1.49. The van der Waals surface area contributed by atoms with Gasteiger partial charge in [0.05, 0.1) is 36.7 Å². The minimum Gasteiger partial charge on any atom is -0.480 e. The first-order valence-corrected chi connectivity index (χ1v) is 8.88. The molecule has 9 heteroatoms. The monoisotopic (exact) mass is 360 g/mol. The SMILES string of the molecule is COc1nc(C)ccc1-c1cnc2sc(N3CC[C@@](O)(CN)C3)nn12. The third-order valence-corrected chi connectivity index (χ3v) is 5.51. The van der Waals surface area contributed by atoms with Gasteiger partial charge in [0.1, 0.15) is 0 Å². The van der Waals surface area contributed by atoms with Gasteiger partial charge in [-0.1, -0.05) is 11.3 Å². The van der Waals surface area contributed by atoms with Crippen LogP contribution in [-0.2, 0) is 0 Å². The third-order valence-electron chi connectivity index (χ3n) is 4.53. The second-order valence-corrected chi connectivity index (χ2v) is 7.27. The largest absolute Gasteiger partial charge is 0.480 e. The number of anilines is 1. The fourth-order valence-corrected chi connectivity index (χ4v) is 3.97. The molecule has 1 aliphatic heterocycles. The zero-order valence-corrected chi connectivity index (χ0v) is 15.0. The van der Waals surface area contributed by atoms with Gasteiger partial charge in [-0.3, -0.25) is 0 Å². The van der Waals surface area contributed by atoms with E-state index in [0.29, 0.717) is 18.8 Å². The highest BCUT2D eigenvalue weighted by molar-refractivity contribution is 7.20. The predicted octanol–water partition coefficient (Wildman–Crippen LogP) is 1.07. The van der Waals surface area contributed by atoms with E-state index in [4.69, 9.17) is 15.6 Å². The molecule has 3 aromatic heterocycles. The normalized spacial score (nSPS) is 20.6. The van der Waals surface area contributed by atoms with Crippen LogP contribution in [0.4, 0.5) is 5.13 Å².